The van der Waals surface area contributed by atoms with Gasteiger partial charge in [-0.3, -0.25) is 0 Å². The van der Waals surface area contributed by atoms with Gasteiger partial charge < -0.3 is 20.3 Å². The lowest BCUT2D eigenvalue weighted by Gasteiger charge is -2.53. The van der Waals surface area contributed by atoms with E-state index in [1.807, 2.05) is 0 Å². The van der Waals surface area contributed by atoms with Gasteiger partial charge >= 0.3 is 12.3 Å². The third kappa shape index (κ3) is 3.49. The maximum atomic E-state index is 15.1. The van der Waals surface area contributed by atoms with Gasteiger partial charge in [0.05, 0.1) is 16.0 Å². The number of sulfone groups is 1. The second-order valence-corrected chi connectivity index (χ2v) is 10.4. The minimum atomic E-state index is -4.88. The van der Waals surface area contributed by atoms with Crippen LogP contribution in [0.1, 0.15) is 30.4 Å². The Labute approximate surface area is 190 Å². The van der Waals surface area contributed by atoms with Gasteiger partial charge in [0.25, 0.3) is 0 Å². The molecule has 0 aromatic heterocycles. The molecular weight excluding hydrogens is 489 g/mol. The lowest BCUT2D eigenvalue weighted by molar-refractivity contribution is -0.137. The van der Waals surface area contributed by atoms with Crippen LogP contribution in [0.4, 0.5) is 26.7 Å². The normalized spacial score (nSPS) is 26.7. The molecule has 1 aliphatic carbocycles. The molecule has 0 saturated heterocycles. The Kier molecular flexibility index (Phi) is 5.55. The average Bonchev–Trinajstić information content (AvgIpc) is 2.74. The number of ether oxygens (including phenoxy) is 2. The van der Waals surface area contributed by atoms with Crippen molar-refractivity contribution in [2.45, 2.75) is 46.8 Å². The fraction of sp³-hybridized carbons (Fsp3) is 0.381. The van der Waals surface area contributed by atoms with Gasteiger partial charge in [0, 0.05) is 6.42 Å². The molecule has 34 heavy (non-hydrogen) atoms. The molecule has 0 radical (unpaired) electrons. The number of carbonyl (C=O) groups is 1. The molecule has 4 rings (SSSR count). The lowest BCUT2D eigenvalue weighted by atomic mass is 9.68. The average molecular weight is 507 g/mol. The van der Waals surface area contributed by atoms with Gasteiger partial charge in [-0.05, 0) is 49.2 Å². The van der Waals surface area contributed by atoms with E-state index in [1.54, 1.807) is 0 Å². The number of amides is 1. The van der Waals surface area contributed by atoms with Gasteiger partial charge in [0.1, 0.15) is 28.9 Å². The van der Waals surface area contributed by atoms with Crippen molar-refractivity contribution in [3.8, 4) is 5.75 Å². The largest absolute Gasteiger partial charge is 0.487 e. The number of nitrogens with two attached hydrogens (primary N) is 1. The van der Waals surface area contributed by atoms with Crippen LogP contribution in [0.3, 0.4) is 0 Å². The van der Waals surface area contributed by atoms with E-state index in [0.29, 0.717) is 30.3 Å². The predicted octanol–water partition coefficient (Wildman–Crippen LogP) is 3.42. The highest BCUT2D eigenvalue weighted by Gasteiger charge is 2.68. The van der Waals surface area contributed by atoms with E-state index < -0.39 is 91.4 Å². The zero-order valence-corrected chi connectivity index (χ0v) is 18.1. The Balaban J connectivity index is 1.95. The number of hydrogen-bond donors (Lipinski definition) is 2. The predicted molar refractivity (Wildman–Crippen MR) is 105 cm³/mol. The van der Waals surface area contributed by atoms with Gasteiger partial charge in [0.2, 0.25) is 0 Å². The number of fused-ring (bicyclic) bond motifs is 3. The number of hydrogen-bond acceptors (Lipinski definition) is 6. The Bertz CT molecular complexity index is 1250. The molecule has 184 valence electrons. The third-order valence-corrected chi connectivity index (χ3v) is 8.89. The van der Waals surface area contributed by atoms with Crippen molar-refractivity contribution >= 4 is 15.9 Å². The SMILES string of the molecule is NC(=O)O[C@@H]1CC[C@@]2(S(=O)(=O)c3ccc(C(F)(F)F)cc3)c3c(F)ccc(F)c3OC[C@@]2(O)C1. The van der Waals surface area contributed by atoms with E-state index in [4.69, 9.17) is 15.2 Å². The summed E-state index contributed by atoms with van der Waals surface area (Å²) in [5.74, 6) is -3.01. The van der Waals surface area contributed by atoms with Crippen molar-refractivity contribution in [3.05, 3.63) is 59.2 Å². The minimum Gasteiger partial charge on any atom is -0.487 e. The number of rotatable bonds is 3. The molecule has 1 amide bonds. The number of alkyl halides is 3. The van der Waals surface area contributed by atoms with Gasteiger partial charge in [-0.15, -0.1) is 0 Å². The second kappa shape index (κ2) is 7.80. The lowest BCUT2D eigenvalue weighted by Crippen LogP contribution is -2.66. The van der Waals surface area contributed by atoms with E-state index >= 15 is 4.39 Å². The first-order chi connectivity index (χ1) is 15.7. The molecule has 2 aromatic carbocycles. The van der Waals surface area contributed by atoms with Crippen molar-refractivity contribution in [3.63, 3.8) is 0 Å². The van der Waals surface area contributed by atoms with Gasteiger partial charge in [-0.25, -0.2) is 22.0 Å². The molecule has 0 bridgehead atoms. The fourth-order valence-electron chi connectivity index (χ4n) is 4.82. The summed E-state index contributed by atoms with van der Waals surface area (Å²) in [6.45, 7) is -0.821. The van der Waals surface area contributed by atoms with Crippen LogP contribution in [0.15, 0.2) is 41.3 Å². The maximum Gasteiger partial charge on any atom is 0.416 e. The fourth-order valence-corrected chi connectivity index (χ4v) is 7.21. The third-order valence-electron chi connectivity index (χ3n) is 6.29. The zero-order valence-electron chi connectivity index (χ0n) is 17.2. The molecule has 1 saturated carbocycles. The van der Waals surface area contributed by atoms with Crippen LogP contribution >= 0.6 is 0 Å². The summed E-state index contributed by atoms with van der Waals surface area (Å²) in [6.07, 6.45) is -8.36. The Morgan fingerprint density at radius 3 is 2.32 bits per heavy atom. The quantitative estimate of drug-likeness (QED) is 0.616. The van der Waals surface area contributed by atoms with Crippen LogP contribution in [0.2, 0.25) is 0 Å². The molecule has 2 aliphatic rings. The van der Waals surface area contributed by atoms with Gasteiger partial charge in [-0.1, -0.05) is 0 Å². The summed E-state index contributed by atoms with van der Waals surface area (Å²) in [6, 6.07) is 3.83. The molecular formula is C21H18F5NO6S. The summed E-state index contributed by atoms with van der Waals surface area (Å²) in [4.78, 5) is 10.6. The molecule has 2 aromatic rings. The molecule has 1 aliphatic heterocycles. The van der Waals surface area contributed by atoms with Crippen molar-refractivity contribution in [2.24, 2.45) is 5.73 Å². The van der Waals surface area contributed by atoms with E-state index in [1.165, 1.54) is 0 Å². The Hall–Kier alpha value is -2.93. The van der Waals surface area contributed by atoms with Crippen LogP contribution in [0.5, 0.6) is 5.75 Å². The Morgan fingerprint density at radius 1 is 1.12 bits per heavy atom. The number of primary amides is 1. The number of carbonyl (C=O) groups excluding carboxylic acids is 1. The van der Waals surface area contributed by atoms with Crippen LogP contribution < -0.4 is 10.5 Å². The monoisotopic (exact) mass is 507 g/mol. The second-order valence-electron chi connectivity index (χ2n) is 8.21. The molecule has 0 spiro atoms. The summed E-state index contributed by atoms with van der Waals surface area (Å²) in [7, 11) is -4.88. The summed E-state index contributed by atoms with van der Waals surface area (Å²) >= 11 is 0. The molecule has 3 N–H and O–H groups in total. The first-order valence-corrected chi connectivity index (χ1v) is 11.4. The smallest absolute Gasteiger partial charge is 0.416 e. The highest BCUT2D eigenvalue weighted by atomic mass is 32.2. The van der Waals surface area contributed by atoms with E-state index in [2.05, 4.69) is 0 Å². The number of aliphatic hydroxyl groups is 1. The Morgan fingerprint density at radius 2 is 1.74 bits per heavy atom. The van der Waals surface area contributed by atoms with E-state index in [9.17, 15) is 35.9 Å². The van der Waals surface area contributed by atoms with Crippen molar-refractivity contribution in [2.75, 3.05) is 6.61 Å². The van der Waals surface area contributed by atoms with Crippen molar-refractivity contribution in [1.82, 2.24) is 0 Å². The molecule has 3 atom stereocenters. The maximum absolute atomic E-state index is 15.1. The van der Waals surface area contributed by atoms with E-state index in [0.717, 1.165) is 6.07 Å². The first-order valence-electron chi connectivity index (χ1n) is 9.94. The van der Waals surface area contributed by atoms with Crippen molar-refractivity contribution < 1.29 is 49.7 Å². The van der Waals surface area contributed by atoms with Crippen molar-refractivity contribution in [1.29, 1.82) is 0 Å². The number of halogens is 5. The van der Waals surface area contributed by atoms with Crippen LogP contribution in [-0.2, 0) is 25.5 Å². The molecule has 1 heterocycles. The van der Waals surface area contributed by atoms with E-state index in [-0.39, 0.29) is 6.42 Å². The first kappa shape index (κ1) is 24.2. The zero-order chi connectivity index (χ0) is 25.1. The van der Waals surface area contributed by atoms with Gasteiger partial charge in [0.15, 0.2) is 21.4 Å². The highest BCUT2D eigenvalue weighted by molar-refractivity contribution is 7.92. The van der Waals surface area contributed by atoms with Gasteiger partial charge in [-0.2, -0.15) is 13.2 Å². The molecule has 1 fully saturated rings. The van der Waals surface area contributed by atoms with Crippen LogP contribution in [0.25, 0.3) is 0 Å². The standard InChI is InChI=1S/C21H18F5NO6S/c22-14-5-6-15(23)17-16(14)20(8-7-12(33-18(27)28)9-19(20,29)10-32-17)34(30,31)13-3-1-11(2-4-13)21(24,25)26/h1-6,12,29H,7-10H2,(H2,27,28)/t12-,19+,20-/m1/s1. The summed E-state index contributed by atoms with van der Waals surface area (Å²) in [5.41, 5.74) is 0.669. The highest BCUT2D eigenvalue weighted by Crippen LogP contribution is 2.58. The van der Waals surface area contributed by atoms with Crippen LogP contribution in [0, 0.1) is 11.6 Å². The van der Waals surface area contributed by atoms with Crippen LogP contribution in [-0.4, -0.2) is 37.9 Å². The molecule has 7 nitrogen and oxygen atoms in total. The molecule has 0 unspecified atom stereocenters. The summed E-state index contributed by atoms with van der Waals surface area (Å²) in [5, 5.41) is 11.6. The molecule has 13 heteroatoms. The summed E-state index contributed by atoms with van der Waals surface area (Å²) < 4.78 is 104. The minimum absolute atomic E-state index is 0.222. The topological polar surface area (TPSA) is 116 Å². The number of benzene rings is 2.